The summed E-state index contributed by atoms with van der Waals surface area (Å²) in [4.78, 5) is 30.3. The standard InChI is InChI=1S/C17H21N3O3S/c1-19-14-6-4-3-5-13(14)18-17(19)24-11-15(21)20-9-7-12(8-10-20)16(22)23-2/h3-6,12H,7-11H2,1-2H3. The van der Waals surface area contributed by atoms with E-state index in [4.69, 9.17) is 4.74 Å². The first-order chi connectivity index (χ1) is 11.6. The van der Waals surface area contributed by atoms with Crippen molar-refractivity contribution in [3.05, 3.63) is 24.3 Å². The molecular formula is C17H21N3O3S. The first kappa shape index (κ1) is 16.8. The van der Waals surface area contributed by atoms with Gasteiger partial charge in [0.1, 0.15) is 0 Å². The minimum Gasteiger partial charge on any atom is -0.469 e. The Labute approximate surface area is 145 Å². The van der Waals surface area contributed by atoms with Crippen molar-refractivity contribution in [1.82, 2.24) is 14.5 Å². The number of aromatic nitrogens is 2. The van der Waals surface area contributed by atoms with E-state index in [1.165, 1.54) is 18.9 Å². The van der Waals surface area contributed by atoms with Gasteiger partial charge in [-0.05, 0) is 25.0 Å². The van der Waals surface area contributed by atoms with Gasteiger partial charge in [0.25, 0.3) is 0 Å². The summed E-state index contributed by atoms with van der Waals surface area (Å²) in [7, 11) is 3.37. The predicted molar refractivity (Wildman–Crippen MR) is 92.8 cm³/mol. The lowest BCUT2D eigenvalue weighted by atomic mass is 9.97. The van der Waals surface area contributed by atoms with Crippen molar-refractivity contribution >= 4 is 34.7 Å². The predicted octanol–water partition coefficient (Wildman–Crippen LogP) is 2.08. The largest absolute Gasteiger partial charge is 0.469 e. The Bertz CT molecular complexity index is 751. The van der Waals surface area contributed by atoms with Gasteiger partial charge in [-0.25, -0.2) is 4.98 Å². The number of hydrogen-bond donors (Lipinski definition) is 0. The summed E-state index contributed by atoms with van der Waals surface area (Å²) in [6.07, 6.45) is 1.35. The van der Waals surface area contributed by atoms with Crippen molar-refractivity contribution in [2.75, 3.05) is 26.0 Å². The third kappa shape index (κ3) is 3.40. The van der Waals surface area contributed by atoms with Gasteiger partial charge in [-0.15, -0.1) is 0 Å². The number of benzene rings is 1. The van der Waals surface area contributed by atoms with Crippen LogP contribution in [0.15, 0.2) is 29.4 Å². The number of thioether (sulfide) groups is 1. The Morgan fingerprint density at radius 2 is 2.00 bits per heavy atom. The van der Waals surface area contributed by atoms with Crippen LogP contribution in [-0.4, -0.2) is 52.3 Å². The van der Waals surface area contributed by atoms with Gasteiger partial charge in [0, 0.05) is 20.1 Å². The fourth-order valence-corrected chi connectivity index (χ4v) is 3.89. The second kappa shape index (κ2) is 7.25. The van der Waals surface area contributed by atoms with Crippen LogP contribution in [0, 0.1) is 5.92 Å². The number of amides is 1. The van der Waals surface area contributed by atoms with Crippen molar-refractivity contribution < 1.29 is 14.3 Å². The summed E-state index contributed by atoms with van der Waals surface area (Å²) in [5.41, 5.74) is 2.00. The second-order valence-electron chi connectivity index (χ2n) is 5.91. The number of ether oxygens (including phenoxy) is 1. The van der Waals surface area contributed by atoms with Gasteiger partial charge in [-0.1, -0.05) is 23.9 Å². The molecule has 0 aliphatic carbocycles. The molecule has 0 unspecified atom stereocenters. The highest BCUT2D eigenvalue weighted by Gasteiger charge is 2.27. The van der Waals surface area contributed by atoms with Gasteiger partial charge >= 0.3 is 5.97 Å². The highest BCUT2D eigenvalue weighted by Crippen LogP contribution is 2.24. The van der Waals surface area contributed by atoms with Gasteiger partial charge in [-0.2, -0.15) is 0 Å². The number of likely N-dealkylation sites (tertiary alicyclic amines) is 1. The van der Waals surface area contributed by atoms with E-state index in [1.54, 1.807) is 0 Å². The van der Waals surface area contributed by atoms with Crippen LogP contribution >= 0.6 is 11.8 Å². The topological polar surface area (TPSA) is 64.4 Å². The van der Waals surface area contributed by atoms with E-state index < -0.39 is 0 Å². The monoisotopic (exact) mass is 347 g/mol. The zero-order chi connectivity index (χ0) is 17.1. The fraction of sp³-hybridized carbons (Fsp3) is 0.471. The first-order valence-corrected chi connectivity index (χ1v) is 8.98. The molecule has 1 saturated heterocycles. The highest BCUT2D eigenvalue weighted by molar-refractivity contribution is 7.99. The molecule has 0 bridgehead atoms. The second-order valence-corrected chi connectivity index (χ2v) is 6.85. The van der Waals surface area contributed by atoms with Crippen LogP contribution in [0.25, 0.3) is 11.0 Å². The van der Waals surface area contributed by atoms with Crippen molar-refractivity contribution in [3.63, 3.8) is 0 Å². The minimum absolute atomic E-state index is 0.0773. The fourth-order valence-electron chi connectivity index (χ4n) is 3.00. The summed E-state index contributed by atoms with van der Waals surface area (Å²) in [6, 6.07) is 7.93. The maximum atomic E-state index is 12.4. The smallest absolute Gasteiger partial charge is 0.308 e. The lowest BCUT2D eigenvalue weighted by Crippen LogP contribution is -2.41. The SMILES string of the molecule is COC(=O)C1CCN(C(=O)CSc2nc3ccccc3n2C)CC1. The lowest BCUT2D eigenvalue weighted by molar-refractivity contribution is -0.148. The Balaban J connectivity index is 1.56. The molecule has 0 atom stereocenters. The molecule has 128 valence electrons. The number of para-hydroxylation sites is 2. The van der Waals surface area contributed by atoms with E-state index in [0.717, 1.165) is 16.2 Å². The molecule has 24 heavy (non-hydrogen) atoms. The van der Waals surface area contributed by atoms with Crippen LogP contribution in [0.5, 0.6) is 0 Å². The van der Waals surface area contributed by atoms with Gasteiger partial charge in [0.05, 0.1) is 29.8 Å². The minimum atomic E-state index is -0.170. The number of methoxy groups -OCH3 is 1. The molecule has 0 radical (unpaired) electrons. The maximum absolute atomic E-state index is 12.4. The highest BCUT2D eigenvalue weighted by atomic mass is 32.2. The summed E-state index contributed by atoms with van der Waals surface area (Å²) in [5.74, 6) is 0.207. The first-order valence-electron chi connectivity index (χ1n) is 8.00. The molecule has 0 spiro atoms. The summed E-state index contributed by atoms with van der Waals surface area (Å²) in [6.45, 7) is 1.23. The maximum Gasteiger partial charge on any atom is 0.308 e. The Hall–Kier alpha value is -2.02. The van der Waals surface area contributed by atoms with Crippen LogP contribution in [-0.2, 0) is 21.4 Å². The molecular weight excluding hydrogens is 326 g/mol. The number of rotatable bonds is 4. The molecule has 7 heteroatoms. The van der Waals surface area contributed by atoms with Crippen LogP contribution in [0.2, 0.25) is 0 Å². The Kier molecular flexibility index (Phi) is 5.08. The summed E-state index contributed by atoms with van der Waals surface area (Å²) in [5, 5.41) is 0.842. The Morgan fingerprint density at radius 3 is 2.67 bits per heavy atom. The van der Waals surface area contributed by atoms with E-state index in [2.05, 4.69) is 4.98 Å². The molecule has 6 nitrogen and oxygen atoms in total. The van der Waals surface area contributed by atoms with Crippen LogP contribution in [0.4, 0.5) is 0 Å². The molecule has 0 N–H and O–H groups in total. The molecule has 2 aromatic rings. The average molecular weight is 347 g/mol. The molecule has 2 heterocycles. The molecule has 1 fully saturated rings. The van der Waals surface area contributed by atoms with Crippen molar-refractivity contribution in [2.45, 2.75) is 18.0 Å². The van der Waals surface area contributed by atoms with E-state index in [1.807, 2.05) is 40.8 Å². The Morgan fingerprint density at radius 1 is 1.29 bits per heavy atom. The quantitative estimate of drug-likeness (QED) is 0.626. The number of aryl methyl sites for hydroxylation is 1. The lowest BCUT2D eigenvalue weighted by Gasteiger charge is -2.30. The van der Waals surface area contributed by atoms with Gasteiger partial charge in [0.2, 0.25) is 5.91 Å². The molecule has 3 rings (SSSR count). The molecule has 1 aliphatic heterocycles. The zero-order valence-electron chi connectivity index (χ0n) is 13.9. The van der Waals surface area contributed by atoms with E-state index in [0.29, 0.717) is 31.7 Å². The number of esters is 1. The normalized spacial score (nSPS) is 15.7. The van der Waals surface area contributed by atoms with Gasteiger partial charge in [0.15, 0.2) is 5.16 Å². The van der Waals surface area contributed by atoms with Crippen molar-refractivity contribution in [3.8, 4) is 0 Å². The number of carbonyl (C=O) groups excluding carboxylic acids is 2. The van der Waals surface area contributed by atoms with Crippen LogP contribution in [0.3, 0.4) is 0 Å². The molecule has 1 aromatic carbocycles. The molecule has 1 aliphatic rings. The number of hydrogen-bond acceptors (Lipinski definition) is 5. The third-order valence-corrected chi connectivity index (χ3v) is 5.47. The van der Waals surface area contributed by atoms with Crippen LogP contribution in [0.1, 0.15) is 12.8 Å². The van der Waals surface area contributed by atoms with Crippen molar-refractivity contribution in [2.24, 2.45) is 13.0 Å². The zero-order valence-corrected chi connectivity index (χ0v) is 14.7. The van der Waals surface area contributed by atoms with Crippen LogP contribution < -0.4 is 0 Å². The summed E-state index contributed by atoms with van der Waals surface area (Å²) >= 11 is 1.46. The van der Waals surface area contributed by atoms with E-state index in [-0.39, 0.29) is 17.8 Å². The third-order valence-electron chi connectivity index (χ3n) is 4.45. The number of fused-ring (bicyclic) bond motifs is 1. The van der Waals surface area contributed by atoms with Gasteiger partial charge < -0.3 is 14.2 Å². The number of carbonyl (C=O) groups is 2. The number of nitrogens with zero attached hydrogens (tertiary/aromatic N) is 3. The number of imidazole rings is 1. The molecule has 1 amide bonds. The molecule has 1 aromatic heterocycles. The number of piperidine rings is 1. The average Bonchev–Trinajstić information content (AvgIpc) is 2.95. The van der Waals surface area contributed by atoms with Crippen molar-refractivity contribution in [1.29, 1.82) is 0 Å². The van der Waals surface area contributed by atoms with E-state index in [9.17, 15) is 9.59 Å². The van der Waals surface area contributed by atoms with Gasteiger partial charge in [-0.3, -0.25) is 9.59 Å². The summed E-state index contributed by atoms with van der Waals surface area (Å²) < 4.78 is 6.79. The molecule has 0 saturated carbocycles. The van der Waals surface area contributed by atoms with E-state index >= 15 is 0 Å².